The molecule has 3 rings (SSSR count). The summed E-state index contributed by atoms with van der Waals surface area (Å²) in [6.07, 6.45) is 10.5. The van der Waals surface area contributed by atoms with Crippen molar-refractivity contribution < 1.29 is 9.84 Å². The zero-order valence-corrected chi connectivity index (χ0v) is 17.0. The van der Waals surface area contributed by atoms with Crippen molar-refractivity contribution >= 4 is 10.8 Å². The Morgan fingerprint density at radius 2 is 1.25 bits per heavy atom. The number of ether oxygens (including phenoxy) is 1. The van der Waals surface area contributed by atoms with Crippen LogP contribution in [-0.2, 0) is 0 Å². The zero-order chi connectivity index (χ0) is 19.6. The normalized spacial score (nSPS) is 11.0. The van der Waals surface area contributed by atoms with E-state index in [9.17, 15) is 5.11 Å². The van der Waals surface area contributed by atoms with E-state index in [1.54, 1.807) is 12.1 Å². The highest BCUT2D eigenvalue weighted by atomic mass is 16.5. The van der Waals surface area contributed by atoms with Crippen LogP contribution < -0.4 is 4.74 Å². The second-order valence-electron chi connectivity index (χ2n) is 7.59. The number of hydrogen-bond acceptors (Lipinski definition) is 2. The quantitative estimate of drug-likeness (QED) is 0.347. The highest BCUT2D eigenvalue weighted by Gasteiger charge is 2.02. The molecule has 0 spiro atoms. The summed E-state index contributed by atoms with van der Waals surface area (Å²) in [5.41, 5.74) is 2.35. The average molecular weight is 377 g/mol. The van der Waals surface area contributed by atoms with E-state index in [0.29, 0.717) is 5.75 Å². The van der Waals surface area contributed by atoms with Gasteiger partial charge >= 0.3 is 0 Å². The first-order valence-corrected chi connectivity index (χ1v) is 10.7. The third-order valence-corrected chi connectivity index (χ3v) is 5.28. The molecule has 1 N–H and O–H groups in total. The number of fused-ring (bicyclic) bond motifs is 1. The van der Waals surface area contributed by atoms with Gasteiger partial charge in [-0.25, -0.2) is 0 Å². The molecule has 0 unspecified atom stereocenters. The highest BCUT2D eigenvalue weighted by molar-refractivity contribution is 5.88. The van der Waals surface area contributed by atoms with E-state index in [0.717, 1.165) is 29.5 Å². The molecule has 0 amide bonds. The van der Waals surface area contributed by atoms with Gasteiger partial charge in [-0.05, 0) is 58.7 Å². The van der Waals surface area contributed by atoms with Gasteiger partial charge < -0.3 is 9.84 Å². The number of unbranched alkanes of at least 4 members (excludes halogenated alkanes) is 7. The van der Waals surface area contributed by atoms with E-state index in [4.69, 9.17) is 4.74 Å². The van der Waals surface area contributed by atoms with Crippen molar-refractivity contribution in [2.75, 3.05) is 6.61 Å². The standard InChI is InChI=1S/C26H32O2/c1-2-3-4-5-6-7-8-9-18-28-26-16-13-21(14-17-26)22-10-11-24-20-25(27)15-12-23(24)19-22/h10-17,19-20,27H,2-9,18H2,1H3. The third kappa shape index (κ3) is 6.02. The van der Waals surface area contributed by atoms with E-state index in [2.05, 4.69) is 49.4 Å². The summed E-state index contributed by atoms with van der Waals surface area (Å²) >= 11 is 0. The smallest absolute Gasteiger partial charge is 0.119 e. The number of aromatic hydroxyl groups is 1. The van der Waals surface area contributed by atoms with Crippen LogP contribution in [0.15, 0.2) is 60.7 Å². The predicted octanol–water partition coefficient (Wildman–Crippen LogP) is 7.73. The summed E-state index contributed by atoms with van der Waals surface area (Å²) in [6.45, 7) is 3.06. The Morgan fingerprint density at radius 1 is 0.643 bits per heavy atom. The molecule has 0 fully saturated rings. The van der Waals surface area contributed by atoms with Gasteiger partial charge in [0, 0.05) is 0 Å². The molecule has 0 aromatic heterocycles. The van der Waals surface area contributed by atoms with Crippen LogP contribution in [0.4, 0.5) is 0 Å². The first-order valence-electron chi connectivity index (χ1n) is 10.7. The molecule has 2 nitrogen and oxygen atoms in total. The van der Waals surface area contributed by atoms with E-state index in [1.165, 1.54) is 56.1 Å². The van der Waals surface area contributed by atoms with E-state index in [1.807, 2.05) is 6.07 Å². The first kappa shape index (κ1) is 20.3. The highest BCUT2D eigenvalue weighted by Crippen LogP contribution is 2.28. The summed E-state index contributed by atoms with van der Waals surface area (Å²) < 4.78 is 5.90. The van der Waals surface area contributed by atoms with Crippen LogP contribution in [0.5, 0.6) is 11.5 Å². The molecule has 0 aliphatic heterocycles. The van der Waals surface area contributed by atoms with Gasteiger partial charge in [0.25, 0.3) is 0 Å². The fourth-order valence-electron chi connectivity index (χ4n) is 3.58. The Kier molecular flexibility index (Phi) is 7.78. The van der Waals surface area contributed by atoms with E-state index < -0.39 is 0 Å². The molecule has 0 atom stereocenters. The van der Waals surface area contributed by atoms with Gasteiger partial charge in [-0.3, -0.25) is 0 Å². The minimum atomic E-state index is 0.304. The van der Waals surface area contributed by atoms with Crippen LogP contribution in [0.25, 0.3) is 21.9 Å². The van der Waals surface area contributed by atoms with Gasteiger partial charge in [-0.1, -0.05) is 82.2 Å². The van der Waals surface area contributed by atoms with Crippen LogP contribution in [-0.4, -0.2) is 11.7 Å². The molecule has 0 heterocycles. The van der Waals surface area contributed by atoms with Gasteiger partial charge in [0.2, 0.25) is 0 Å². The van der Waals surface area contributed by atoms with Crippen molar-refractivity contribution in [3.8, 4) is 22.6 Å². The van der Waals surface area contributed by atoms with Crippen molar-refractivity contribution in [3.63, 3.8) is 0 Å². The maximum absolute atomic E-state index is 9.60. The fourth-order valence-corrected chi connectivity index (χ4v) is 3.58. The van der Waals surface area contributed by atoms with E-state index >= 15 is 0 Å². The van der Waals surface area contributed by atoms with Crippen LogP contribution in [0.3, 0.4) is 0 Å². The zero-order valence-electron chi connectivity index (χ0n) is 17.0. The lowest BCUT2D eigenvalue weighted by atomic mass is 10.0. The van der Waals surface area contributed by atoms with Gasteiger partial charge in [-0.2, -0.15) is 0 Å². The lowest BCUT2D eigenvalue weighted by Gasteiger charge is -2.08. The van der Waals surface area contributed by atoms with Crippen LogP contribution in [0.1, 0.15) is 58.3 Å². The Morgan fingerprint density at radius 3 is 2.00 bits per heavy atom. The minimum absolute atomic E-state index is 0.304. The summed E-state index contributed by atoms with van der Waals surface area (Å²) in [5, 5.41) is 11.8. The maximum Gasteiger partial charge on any atom is 0.119 e. The van der Waals surface area contributed by atoms with Gasteiger partial charge in [-0.15, -0.1) is 0 Å². The second kappa shape index (κ2) is 10.8. The fraction of sp³-hybridized carbons (Fsp3) is 0.385. The van der Waals surface area contributed by atoms with Gasteiger partial charge in [0.1, 0.15) is 11.5 Å². The van der Waals surface area contributed by atoms with Crippen molar-refractivity contribution in [1.29, 1.82) is 0 Å². The minimum Gasteiger partial charge on any atom is -0.508 e. The number of hydrogen-bond donors (Lipinski definition) is 1. The van der Waals surface area contributed by atoms with Crippen LogP contribution in [0.2, 0.25) is 0 Å². The Bertz CT molecular complexity index is 852. The third-order valence-electron chi connectivity index (χ3n) is 5.28. The molecule has 3 aromatic rings. The average Bonchev–Trinajstić information content (AvgIpc) is 2.72. The first-order chi connectivity index (χ1) is 13.8. The maximum atomic E-state index is 9.60. The monoisotopic (exact) mass is 376 g/mol. The molecular formula is C26H32O2. The van der Waals surface area contributed by atoms with Crippen LogP contribution in [0, 0.1) is 0 Å². The molecule has 0 saturated carbocycles. The summed E-state index contributed by atoms with van der Waals surface area (Å²) in [4.78, 5) is 0. The molecule has 3 aromatic carbocycles. The van der Waals surface area contributed by atoms with Gasteiger partial charge in [0.05, 0.1) is 6.61 Å². The number of phenolic OH excluding ortho intramolecular Hbond substituents is 1. The molecule has 28 heavy (non-hydrogen) atoms. The molecule has 0 radical (unpaired) electrons. The largest absolute Gasteiger partial charge is 0.508 e. The van der Waals surface area contributed by atoms with Crippen molar-refractivity contribution in [2.45, 2.75) is 58.3 Å². The van der Waals surface area contributed by atoms with Crippen molar-refractivity contribution in [2.24, 2.45) is 0 Å². The Balaban J connectivity index is 1.44. The van der Waals surface area contributed by atoms with Crippen molar-refractivity contribution in [3.05, 3.63) is 60.7 Å². The number of benzene rings is 3. The Hall–Kier alpha value is -2.48. The SMILES string of the molecule is CCCCCCCCCCOc1ccc(-c2ccc3cc(O)ccc3c2)cc1. The number of phenols is 1. The Labute approximate surface area is 169 Å². The van der Waals surface area contributed by atoms with Crippen molar-refractivity contribution in [1.82, 2.24) is 0 Å². The summed E-state index contributed by atoms with van der Waals surface area (Å²) in [5.74, 6) is 1.25. The molecule has 0 aliphatic carbocycles. The number of rotatable bonds is 11. The summed E-state index contributed by atoms with van der Waals surface area (Å²) in [7, 11) is 0. The molecule has 0 saturated heterocycles. The molecule has 0 bridgehead atoms. The summed E-state index contributed by atoms with van der Waals surface area (Å²) in [6, 6.07) is 20.1. The van der Waals surface area contributed by atoms with Gasteiger partial charge in [0.15, 0.2) is 0 Å². The molecule has 2 heteroatoms. The van der Waals surface area contributed by atoms with E-state index in [-0.39, 0.29) is 0 Å². The molecule has 148 valence electrons. The van der Waals surface area contributed by atoms with Crippen LogP contribution >= 0.6 is 0 Å². The topological polar surface area (TPSA) is 29.5 Å². The molecule has 0 aliphatic rings. The lowest BCUT2D eigenvalue weighted by Crippen LogP contribution is -1.97. The molecular weight excluding hydrogens is 344 g/mol. The predicted molar refractivity (Wildman–Crippen MR) is 119 cm³/mol. The second-order valence-corrected chi connectivity index (χ2v) is 7.59. The lowest BCUT2D eigenvalue weighted by molar-refractivity contribution is 0.304.